The van der Waals surface area contributed by atoms with Crippen LogP contribution in [0.2, 0.25) is 0 Å². The van der Waals surface area contributed by atoms with E-state index in [1.165, 1.54) is 22.9 Å². The van der Waals surface area contributed by atoms with Crippen molar-refractivity contribution in [1.82, 2.24) is 40.5 Å². The van der Waals surface area contributed by atoms with Crippen LogP contribution < -0.4 is 0 Å². The minimum absolute atomic E-state index is 0.218. The van der Waals surface area contributed by atoms with Crippen LogP contribution in [0.3, 0.4) is 0 Å². The zero-order valence-electron chi connectivity index (χ0n) is 23.3. The number of nitrogens with one attached hydrogen (secondary N) is 1. The number of rotatable bonds is 7. The fourth-order valence-corrected chi connectivity index (χ4v) is 6.32. The van der Waals surface area contributed by atoms with E-state index >= 15 is 0 Å². The maximum Gasteiger partial charge on any atom is 0.189 e. The van der Waals surface area contributed by atoms with Crippen molar-refractivity contribution in [1.29, 1.82) is 0 Å². The predicted octanol–water partition coefficient (Wildman–Crippen LogP) is 6.18. The van der Waals surface area contributed by atoms with Crippen LogP contribution in [-0.2, 0) is 12.0 Å². The topological polar surface area (TPSA) is 96.4 Å². The Morgan fingerprint density at radius 1 is 0.857 bits per heavy atom. The smallest absolute Gasteiger partial charge is 0.189 e. The molecule has 0 atom stereocenters. The van der Waals surface area contributed by atoms with Crippen LogP contribution in [0.5, 0.6) is 0 Å². The van der Waals surface area contributed by atoms with Gasteiger partial charge in [0.1, 0.15) is 0 Å². The maximum atomic E-state index is 5.05. The second-order valence-corrected chi connectivity index (χ2v) is 11.5. The molecule has 7 rings (SSSR count). The van der Waals surface area contributed by atoms with Crippen LogP contribution in [-0.4, -0.2) is 59.8 Å². The zero-order chi connectivity index (χ0) is 28.4. The number of hydrogen-bond donors (Lipinski definition) is 1. The summed E-state index contributed by atoms with van der Waals surface area (Å²) in [6.45, 7) is 2.79. The van der Waals surface area contributed by atoms with Crippen molar-refractivity contribution in [2.24, 2.45) is 0 Å². The number of thioether (sulfide) groups is 1. The number of tetrazole rings is 1. The van der Waals surface area contributed by atoms with Gasteiger partial charge in [-0.2, -0.15) is 5.21 Å². The SMILES string of the molecule is CSc1ncc2cc(-c3ccccc3)c(-c3ccc(CN4CCC(c5ccccc5)(c5nn[nH]n5)CC4)cc3)nc2n1. The van der Waals surface area contributed by atoms with Crippen molar-refractivity contribution in [3.63, 3.8) is 0 Å². The summed E-state index contributed by atoms with van der Waals surface area (Å²) in [5.41, 5.74) is 7.22. The van der Waals surface area contributed by atoms with Gasteiger partial charge in [0, 0.05) is 29.3 Å². The lowest BCUT2D eigenvalue weighted by atomic mass is 9.72. The first kappa shape index (κ1) is 26.4. The van der Waals surface area contributed by atoms with Gasteiger partial charge < -0.3 is 0 Å². The molecule has 3 aromatic heterocycles. The first-order valence-corrected chi connectivity index (χ1v) is 15.3. The van der Waals surface area contributed by atoms with Gasteiger partial charge in [0.25, 0.3) is 0 Å². The van der Waals surface area contributed by atoms with E-state index in [1.807, 2.05) is 18.5 Å². The Kier molecular flexibility index (Phi) is 7.19. The van der Waals surface area contributed by atoms with E-state index in [9.17, 15) is 0 Å². The normalized spacial score (nSPS) is 15.2. The fraction of sp³-hybridized carbons (Fsp3) is 0.212. The molecule has 0 unspecified atom stereocenters. The predicted molar refractivity (Wildman–Crippen MR) is 166 cm³/mol. The summed E-state index contributed by atoms with van der Waals surface area (Å²) in [4.78, 5) is 16.7. The van der Waals surface area contributed by atoms with Gasteiger partial charge in [0.15, 0.2) is 16.6 Å². The highest BCUT2D eigenvalue weighted by Crippen LogP contribution is 2.40. The van der Waals surface area contributed by atoms with E-state index in [2.05, 4.69) is 120 Å². The van der Waals surface area contributed by atoms with Gasteiger partial charge in [-0.1, -0.05) is 102 Å². The van der Waals surface area contributed by atoms with Crippen molar-refractivity contribution in [3.05, 3.63) is 114 Å². The Morgan fingerprint density at radius 2 is 1.60 bits per heavy atom. The van der Waals surface area contributed by atoms with Gasteiger partial charge in [0.2, 0.25) is 0 Å². The molecule has 0 spiro atoms. The molecule has 1 aliphatic rings. The highest BCUT2D eigenvalue weighted by Gasteiger charge is 2.41. The molecule has 1 aliphatic heterocycles. The van der Waals surface area contributed by atoms with Gasteiger partial charge in [-0.05, 0) is 54.9 Å². The third kappa shape index (κ3) is 5.06. The Balaban J connectivity index is 1.14. The average Bonchev–Trinajstić information content (AvgIpc) is 3.61. The quantitative estimate of drug-likeness (QED) is 0.180. The summed E-state index contributed by atoms with van der Waals surface area (Å²) in [7, 11) is 0. The van der Waals surface area contributed by atoms with E-state index in [4.69, 9.17) is 4.98 Å². The summed E-state index contributed by atoms with van der Waals surface area (Å²) >= 11 is 1.52. The molecule has 1 saturated heterocycles. The molecule has 4 heterocycles. The van der Waals surface area contributed by atoms with Crippen molar-refractivity contribution in [2.45, 2.75) is 30.0 Å². The van der Waals surface area contributed by atoms with E-state index in [0.717, 1.165) is 71.2 Å². The van der Waals surface area contributed by atoms with Crippen molar-refractivity contribution >= 4 is 22.8 Å². The average molecular weight is 571 g/mol. The lowest BCUT2D eigenvalue weighted by molar-refractivity contribution is 0.167. The number of piperidine rings is 1. The standard InChI is InChI=1S/C33H30N8S/c1-42-32-34-21-26-20-28(24-8-4-2-5-9-24)29(35-30(26)36-32)25-14-12-23(13-15-25)22-41-18-16-33(17-19-41,31-37-39-40-38-31)27-10-6-3-7-11-27/h2-15,20-21H,16-19,22H2,1H3,(H,37,38,39,40). The van der Waals surface area contributed by atoms with Crippen molar-refractivity contribution in [2.75, 3.05) is 19.3 Å². The lowest BCUT2D eigenvalue weighted by Gasteiger charge is -2.40. The molecule has 208 valence electrons. The maximum absolute atomic E-state index is 5.05. The van der Waals surface area contributed by atoms with E-state index < -0.39 is 0 Å². The van der Waals surface area contributed by atoms with Gasteiger partial charge in [0.05, 0.1) is 11.1 Å². The lowest BCUT2D eigenvalue weighted by Crippen LogP contribution is -2.43. The molecule has 0 amide bonds. The Morgan fingerprint density at radius 3 is 2.29 bits per heavy atom. The first-order valence-electron chi connectivity index (χ1n) is 14.1. The Labute approximate surface area is 248 Å². The summed E-state index contributed by atoms with van der Waals surface area (Å²) in [6.07, 6.45) is 5.73. The molecule has 1 N–H and O–H groups in total. The van der Waals surface area contributed by atoms with Crippen LogP contribution in [0.25, 0.3) is 33.4 Å². The van der Waals surface area contributed by atoms with Crippen LogP contribution in [0.1, 0.15) is 29.8 Å². The van der Waals surface area contributed by atoms with E-state index in [1.54, 1.807) is 0 Å². The molecule has 6 aromatic rings. The zero-order valence-corrected chi connectivity index (χ0v) is 24.1. The molecular formula is C33H30N8S. The molecule has 1 fully saturated rings. The molecular weight excluding hydrogens is 540 g/mol. The molecule has 9 heteroatoms. The fourth-order valence-electron chi connectivity index (χ4n) is 5.99. The minimum Gasteiger partial charge on any atom is -0.299 e. The van der Waals surface area contributed by atoms with Crippen molar-refractivity contribution in [3.8, 4) is 22.4 Å². The minimum atomic E-state index is -0.218. The molecule has 0 saturated carbocycles. The molecule has 0 bridgehead atoms. The number of H-pyrrole nitrogens is 1. The number of aromatic nitrogens is 7. The number of benzene rings is 3. The largest absolute Gasteiger partial charge is 0.299 e. The highest BCUT2D eigenvalue weighted by atomic mass is 32.2. The van der Waals surface area contributed by atoms with Gasteiger partial charge >= 0.3 is 0 Å². The second kappa shape index (κ2) is 11.4. The Bertz CT molecular complexity index is 1780. The molecule has 3 aromatic carbocycles. The monoisotopic (exact) mass is 570 g/mol. The van der Waals surface area contributed by atoms with E-state index in [-0.39, 0.29) is 5.41 Å². The van der Waals surface area contributed by atoms with Crippen LogP contribution in [0.15, 0.2) is 102 Å². The van der Waals surface area contributed by atoms with Crippen LogP contribution >= 0.6 is 11.8 Å². The van der Waals surface area contributed by atoms with Gasteiger partial charge in [-0.15, -0.1) is 10.2 Å². The molecule has 8 nitrogen and oxygen atoms in total. The van der Waals surface area contributed by atoms with Crippen LogP contribution in [0, 0.1) is 0 Å². The Hall–Kier alpha value is -4.47. The summed E-state index contributed by atoms with van der Waals surface area (Å²) in [5.74, 6) is 0.782. The number of likely N-dealkylation sites (tertiary alicyclic amines) is 1. The molecule has 0 aliphatic carbocycles. The van der Waals surface area contributed by atoms with Crippen molar-refractivity contribution < 1.29 is 0 Å². The number of pyridine rings is 1. The first-order chi connectivity index (χ1) is 20.7. The molecule has 0 radical (unpaired) electrons. The number of fused-ring (bicyclic) bond motifs is 1. The third-order valence-corrected chi connectivity index (χ3v) is 8.82. The van der Waals surface area contributed by atoms with E-state index in [0.29, 0.717) is 5.65 Å². The number of aromatic amines is 1. The summed E-state index contributed by atoms with van der Waals surface area (Å²) in [5, 5.41) is 17.0. The number of nitrogens with zero attached hydrogens (tertiary/aromatic N) is 7. The molecule has 42 heavy (non-hydrogen) atoms. The summed E-state index contributed by atoms with van der Waals surface area (Å²) in [6, 6.07) is 32.0. The van der Waals surface area contributed by atoms with Gasteiger partial charge in [-0.3, -0.25) is 4.90 Å². The van der Waals surface area contributed by atoms with Gasteiger partial charge in [-0.25, -0.2) is 15.0 Å². The number of hydrogen-bond acceptors (Lipinski definition) is 8. The van der Waals surface area contributed by atoms with Crippen LogP contribution in [0.4, 0.5) is 0 Å². The highest BCUT2D eigenvalue weighted by molar-refractivity contribution is 7.98. The third-order valence-electron chi connectivity index (χ3n) is 8.26. The summed E-state index contributed by atoms with van der Waals surface area (Å²) < 4.78 is 0. The second-order valence-electron chi connectivity index (χ2n) is 10.7.